The van der Waals surface area contributed by atoms with Crippen molar-refractivity contribution in [3.63, 3.8) is 0 Å². The maximum absolute atomic E-state index is 11.3. The molecule has 0 saturated carbocycles. The van der Waals surface area contributed by atoms with Crippen molar-refractivity contribution in [3.8, 4) is 5.75 Å². The molecule has 2 aromatic rings. The quantitative estimate of drug-likeness (QED) is 0.768. The molecular formula is C14H17N5O2. The van der Waals surface area contributed by atoms with E-state index in [4.69, 9.17) is 4.74 Å². The SMILES string of the molecule is O=C1COc2ccc(CNCCCn3ccnn3)cc2N1. The molecular weight excluding hydrogens is 270 g/mol. The normalized spacial score (nSPS) is 13.4. The fraction of sp³-hybridized carbons (Fsp3) is 0.357. The Balaban J connectivity index is 1.45. The van der Waals surface area contributed by atoms with Gasteiger partial charge in [-0.1, -0.05) is 11.3 Å². The summed E-state index contributed by atoms with van der Waals surface area (Å²) in [5, 5.41) is 13.9. The molecule has 1 amide bonds. The van der Waals surface area contributed by atoms with Crippen molar-refractivity contribution in [3.05, 3.63) is 36.2 Å². The van der Waals surface area contributed by atoms with Crippen molar-refractivity contribution in [1.29, 1.82) is 0 Å². The first-order chi connectivity index (χ1) is 10.3. The first-order valence-corrected chi connectivity index (χ1v) is 6.92. The number of carbonyl (C=O) groups excluding carboxylic acids is 1. The molecule has 0 spiro atoms. The summed E-state index contributed by atoms with van der Waals surface area (Å²) in [6.45, 7) is 2.58. The number of aryl methyl sites for hydroxylation is 1. The van der Waals surface area contributed by atoms with Crippen LogP contribution in [0.1, 0.15) is 12.0 Å². The molecule has 0 atom stereocenters. The molecule has 7 nitrogen and oxygen atoms in total. The predicted octanol–water partition coefficient (Wildman–Crippen LogP) is 0.789. The summed E-state index contributed by atoms with van der Waals surface area (Å²) < 4.78 is 7.14. The van der Waals surface area contributed by atoms with Crippen LogP contribution in [0.2, 0.25) is 0 Å². The maximum atomic E-state index is 11.3. The molecule has 2 heterocycles. The van der Waals surface area contributed by atoms with E-state index in [0.29, 0.717) is 0 Å². The van der Waals surface area contributed by atoms with Crippen LogP contribution >= 0.6 is 0 Å². The first kappa shape index (κ1) is 13.6. The summed E-state index contributed by atoms with van der Waals surface area (Å²) >= 11 is 0. The maximum Gasteiger partial charge on any atom is 0.262 e. The summed E-state index contributed by atoms with van der Waals surface area (Å²) in [6.07, 6.45) is 4.51. The van der Waals surface area contributed by atoms with Crippen LogP contribution in [0.4, 0.5) is 5.69 Å². The molecule has 110 valence electrons. The molecule has 0 saturated heterocycles. The number of anilines is 1. The number of aromatic nitrogens is 3. The van der Waals surface area contributed by atoms with Gasteiger partial charge in [-0.3, -0.25) is 9.48 Å². The standard InChI is InChI=1S/C14H17N5O2/c20-14-10-21-13-3-2-11(8-12(13)17-14)9-15-4-1-6-19-7-5-16-18-19/h2-3,5,7-8,15H,1,4,6,9-10H2,(H,17,20). The van der Waals surface area contributed by atoms with Gasteiger partial charge in [-0.25, -0.2) is 0 Å². The highest BCUT2D eigenvalue weighted by Gasteiger charge is 2.15. The van der Waals surface area contributed by atoms with Gasteiger partial charge >= 0.3 is 0 Å². The molecule has 21 heavy (non-hydrogen) atoms. The van der Waals surface area contributed by atoms with Gasteiger partial charge in [0.15, 0.2) is 6.61 Å². The Hall–Kier alpha value is -2.41. The van der Waals surface area contributed by atoms with Crippen LogP contribution in [0.3, 0.4) is 0 Å². The lowest BCUT2D eigenvalue weighted by molar-refractivity contribution is -0.118. The number of benzene rings is 1. The lowest BCUT2D eigenvalue weighted by Crippen LogP contribution is -2.25. The molecule has 0 fully saturated rings. The Morgan fingerprint density at radius 2 is 2.38 bits per heavy atom. The fourth-order valence-electron chi connectivity index (χ4n) is 2.19. The minimum absolute atomic E-state index is 0.0902. The second-order valence-electron chi connectivity index (χ2n) is 4.86. The van der Waals surface area contributed by atoms with Gasteiger partial charge in [0.25, 0.3) is 5.91 Å². The zero-order chi connectivity index (χ0) is 14.5. The second-order valence-corrected chi connectivity index (χ2v) is 4.86. The van der Waals surface area contributed by atoms with Gasteiger partial charge in [0.05, 0.1) is 11.9 Å². The van der Waals surface area contributed by atoms with E-state index in [9.17, 15) is 4.79 Å². The fourth-order valence-corrected chi connectivity index (χ4v) is 2.19. The van der Waals surface area contributed by atoms with Gasteiger partial charge in [0.1, 0.15) is 5.75 Å². The lowest BCUT2D eigenvalue weighted by Gasteiger charge is -2.18. The second kappa shape index (κ2) is 6.36. The minimum atomic E-state index is -0.111. The van der Waals surface area contributed by atoms with Crippen LogP contribution in [0, 0.1) is 0 Å². The minimum Gasteiger partial charge on any atom is -0.482 e. The van der Waals surface area contributed by atoms with Gasteiger partial charge in [0, 0.05) is 19.3 Å². The molecule has 1 aromatic carbocycles. The monoisotopic (exact) mass is 287 g/mol. The largest absolute Gasteiger partial charge is 0.482 e. The van der Waals surface area contributed by atoms with Crippen LogP contribution in [-0.2, 0) is 17.9 Å². The summed E-state index contributed by atoms with van der Waals surface area (Å²) in [6, 6.07) is 5.83. The molecule has 1 aliphatic rings. The highest BCUT2D eigenvalue weighted by atomic mass is 16.5. The van der Waals surface area contributed by atoms with Crippen LogP contribution < -0.4 is 15.4 Å². The topological polar surface area (TPSA) is 81.1 Å². The Morgan fingerprint density at radius 3 is 3.24 bits per heavy atom. The van der Waals surface area contributed by atoms with Crippen molar-refractivity contribution in [2.24, 2.45) is 0 Å². The molecule has 0 aliphatic carbocycles. The molecule has 3 rings (SSSR count). The van der Waals surface area contributed by atoms with Crippen LogP contribution in [0.5, 0.6) is 5.75 Å². The Morgan fingerprint density at radius 1 is 1.43 bits per heavy atom. The number of nitrogens with zero attached hydrogens (tertiary/aromatic N) is 3. The summed E-state index contributed by atoms with van der Waals surface area (Å²) in [7, 11) is 0. The first-order valence-electron chi connectivity index (χ1n) is 6.92. The molecule has 0 bridgehead atoms. The van der Waals surface area contributed by atoms with Gasteiger partial charge in [-0.15, -0.1) is 5.10 Å². The number of carbonyl (C=O) groups is 1. The Kier molecular flexibility index (Phi) is 4.11. The van der Waals surface area contributed by atoms with E-state index < -0.39 is 0 Å². The highest BCUT2D eigenvalue weighted by Crippen LogP contribution is 2.28. The van der Waals surface area contributed by atoms with E-state index in [0.717, 1.165) is 43.1 Å². The molecule has 1 aliphatic heterocycles. The molecule has 7 heteroatoms. The van der Waals surface area contributed by atoms with Crippen molar-refractivity contribution >= 4 is 11.6 Å². The summed E-state index contributed by atoms with van der Waals surface area (Å²) in [5.74, 6) is 0.616. The van der Waals surface area contributed by atoms with Crippen molar-refractivity contribution < 1.29 is 9.53 Å². The number of nitrogens with one attached hydrogen (secondary N) is 2. The third-order valence-corrected chi connectivity index (χ3v) is 3.22. The van der Waals surface area contributed by atoms with E-state index >= 15 is 0 Å². The lowest BCUT2D eigenvalue weighted by atomic mass is 10.1. The van der Waals surface area contributed by atoms with Gasteiger partial charge < -0.3 is 15.4 Å². The third-order valence-electron chi connectivity index (χ3n) is 3.22. The molecule has 2 N–H and O–H groups in total. The van der Waals surface area contributed by atoms with Crippen molar-refractivity contribution in [2.45, 2.75) is 19.5 Å². The smallest absolute Gasteiger partial charge is 0.262 e. The average molecular weight is 287 g/mol. The molecule has 1 aromatic heterocycles. The van der Waals surface area contributed by atoms with Crippen LogP contribution in [-0.4, -0.2) is 34.1 Å². The molecule has 0 unspecified atom stereocenters. The highest BCUT2D eigenvalue weighted by molar-refractivity contribution is 5.95. The number of ether oxygens (including phenoxy) is 1. The van der Waals surface area contributed by atoms with Crippen molar-refractivity contribution in [2.75, 3.05) is 18.5 Å². The Labute approximate surface area is 122 Å². The predicted molar refractivity (Wildman–Crippen MR) is 76.9 cm³/mol. The third kappa shape index (κ3) is 3.57. The van der Waals surface area contributed by atoms with Gasteiger partial charge in [-0.2, -0.15) is 0 Å². The van der Waals surface area contributed by atoms with Crippen LogP contribution in [0.25, 0.3) is 0 Å². The summed E-state index contributed by atoms with van der Waals surface area (Å²) in [5.41, 5.74) is 1.86. The van der Waals surface area contributed by atoms with Gasteiger partial charge in [0.2, 0.25) is 0 Å². The number of rotatable bonds is 6. The molecule has 0 radical (unpaired) electrons. The number of hydrogen-bond donors (Lipinski definition) is 2. The zero-order valence-corrected chi connectivity index (χ0v) is 11.6. The van der Waals surface area contributed by atoms with Crippen LogP contribution in [0.15, 0.2) is 30.6 Å². The average Bonchev–Trinajstić information content (AvgIpc) is 3.00. The van der Waals surface area contributed by atoms with Crippen molar-refractivity contribution in [1.82, 2.24) is 20.3 Å². The zero-order valence-electron chi connectivity index (χ0n) is 11.6. The van der Waals surface area contributed by atoms with E-state index in [1.807, 2.05) is 29.1 Å². The van der Waals surface area contributed by atoms with E-state index in [-0.39, 0.29) is 12.5 Å². The van der Waals surface area contributed by atoms with E-state index in [1.165, 1.54) is 0 Å². The number of amides is 1. The van der Waals surface area contributed by atoms with E-state index in [1.54, 1.807) is 6.20 Å². The van der Waals surface area contributed by atoms with E-state index in [2.05, 4.69) is 20.9 Å². The Bertz CT molecular complexity index is 612. The van der Waals surface area contributed by atoms with Gasteiger partial charge in [-0.05, 0) is 30.7 Å². The summed E-state index contributed by atoms with van der Waals surface area (Å²) in [4.78, 5) is 11.3. The number of hydrogen-bond acceptors (Lipinski definition) is 5. The number of fused-ring (bicyclic) bond motifs is 1.